The zero-order chi connectivity index (χ0) is 15.6. The number of aromatic hydroxyl groups is 1. The Balaban J connectivity index is 2.15. The Hall–Kier alpha value is -1.28. The molecule has 0 bridgehead atoms. The van der Waals surface area contributed by atoms with Crippen molar-refractivity contribution in [3.8, 4) is 5.75 Å². The molecule has 0 spiro atoms. The van der Waals surface area contributed by atoms with Gasteiger partial charge in [0.25, 0.3) is 5.91 Å². The second kappa shape index (κ2) is 6.65. The number of amides is 1. The SMILES string of the molecule is O=C(c1cc(F)c(F)c(O)c1F)N1CCN(CCBr)CC1. The minimum atomic E-state index is -1.69. The Morgan fingerprint density at radius 1 is 1.19 bits per heavy atom. The van der Waals surface area contributed by atoms with E-state index >= 15 is 0 Å². The van der Waals surface area contributed by atoms with Gasteiger partial charge in [-0.2, -0.15) is 4.39 Å². The van der Waals surface area contributed by atoms with Crippen molar-refractivity contribution in [3.05, 3.63) is 29.1 Å². The van der Waals surface area contributed by atoms with Gasteiger partial charge in [0.1, 0.15) is 0 Å². The Kier molecular flexibility index (Phi) is 5.10. The van der Waals surface area contributed by atoms with Crippen molar-refractivity contribution in [1.82, 2.24) is 9.80 Å². The molecule has 0 unspecified atom stereocenters. The summed E-state index contributed by atoms with van der Waals surface area (Å²) in [7, 11) is 0. The minimum absolute atomic E-state index is 0.366. The van der Waals surface area contributed by atoms with Crippen LogP contribution in [0.3, 0.4) is 0 Å². The van der Waals surface area contributed by atoms with Crippen molar-refractivity contribution in [2.24, 2.45) is 0 Å². The Bertz CT molecular complexity index is 549. The standard InChI is InChI=1S/C13H14BrF3N2O2/c14-1-2-18-3-5-19(6-4-18)13(21)8-7-9(15)11(17)12(20)10(8)16/h7,20H,1-6H2. The van der Waals surface area contributed by atoms with Gasteiger partial charge in [0, 0.05) is 38.1 Å². The summed E-state index contributed by atoms with van der Waals surface area (Å²) in [5.74, 6) is -6.78. The van der Waals surface area contributed by atoms with Gasteiger partial charge >= 0.3 is 0 Å². The van der Waals surface area contributed by atoms with Crippen LogP contribution in [0.1, 0.15) is 10.4 Å². The highest BCUT2D eigenvalue weighted by atomic mass is 79.9. The smallest absolute Gasteiger partial charge is 0.257 e. The molecule has 2 rings (SSSR count). The first-order chi connectivity index (χ1) is 9.95. The van der Waals surface area contributed by atoms with Crippen LogP contribution in [0.5, 0.6) is 5.75 Å². The first-order valence-electron chi connectivity index (χ1n) is 6.39. The van der Waals surface area contributed by atoms with Gasteiger partial charge in [-0.05, 0) is 6.07 Å². The van der Waals surface area contributed by atoms with Crippen LogP contribution in [0.15, 0.2) is 6.07 Å². The number of benzene rings is 1. The fraction of sp³-hybridized carbons (Fsp3) is 0.462. The number of alkyl halides is 1. The third kappa shape index (κ3) is 3.32. The van der Waals surface area contributed by atoms with E-state index in [1.54, 1.807) is 0 Å². The summed E-state index contributed by atoms with van der Waals surface area (Å²) in [5.41, 5.74) is -0.652. The number of phenols is 1. The molecule has 1 aliphatic rings. The van der Waals surface area contributed by atoms with Crippen LogP contribution in [0, 0.1) is 17.5 Å². The highest BCUT2D eigenvalue weighted by Gasteiger charge is 2.27. The van der Waals surface area contributed by atoms with Crippen LogP contribution < -0.4 is 0 Å². The van der Waals surface area contributed by atoms with E-state index in [0.717, 1.165) is 11.9 Å². The summed E-state index contributed by atoms with van der Waals surface area (Å²) in [6.07, 6.45) is 0. The number of carbonyl (C=O) groups excluding carboxylic acids is 1. The molecule has 0 radical (unpaired) electrons. The summed E-state index contributed by atoms with van der Waals surface area (Å²) in [6, 6.07) is 0.484. The fourth-order valence-electron chi connectivity index (χ4n) is 2.21. The largest absolute Gasteiger partial charge is 0.503 e. The Morgan fingerprint density at radius 2 is 1.81 bits per heavy atom. The second-order valence-corrected chi connectivity index (χ2v) is 5.50. The quantitative estimate of drug-likeness (QED) is 0.656. The summed E-state index contributed by atoms with van der Waals surface area (Å²) in [6.45, 7) is 2.81. The average molecular weight is 367 g/mol. The lowest BCUT2D eigenvalue weighted by Crippen LogP contribution is -2.49. The van der Waals surface area contributed by atoms with Crippen LogP contribution >= 0.6 is 15.9 Å². The highest BCUT2D eigenvalue weighted by molar-refractivity contribution is 9.09. The van der Waals surface area contributed by atoms with Crippen LogP contribution in [0.2, 0.25) is 0 Å². The fourth-order valence-corrected chi connectivity index (χ4v) is 2.71. The summed E-state index contributed by atoms with van der Waals surface area (Å²) in [5, 5.41) is 9.97. The molecule has 1 amide bonds. The maximum absolute atomic E-state index is 13.7. The monoisotopic (exact) mass is 366 g/mol. The summed E-state index contributed by atoms with van der Waals surface area (Å²) in [4.78, 5) is 15.6. The van der Waals surface area contributed by atoms with Gasteiger partial charge in [0.15, 0.2) is 17.4 Å². The van der Waals surface area contributed by atoms with Gasteiger partial charge in [0.2, 0.25) is 5.82 Å². The minimum Gasteiger partial charge on any atom is -0.503 e. The second-order valence-electron chi connectivity index (χ2n) is 4.71. The molecule has 116 valence electrons. The van der Waals surface area contributed by atoms with E-state index < -0.39 is 34.7 Å². The molecule has 1 saturated heterocycles. The average Bonchev–Trinajstić information content (AvgIpc) is 2.49. The highest BCUT2D eigenvalue weighted by Crippen LogP contribution is 2.26. The van der Waals surface area contributed by atoms with E-state index in [4.69, 9.17) is 5.11 Å². The number of phenolic OH excluding ortho intramolecular Hbond substituents is 1. The summed E-state index contributed by atoms with van der Waals surface area (Å²) >= 11 is 3.32. The zero-order valence-corrected chi connectivity index (χ0v) is 12.7. The topological polar surface area (TPSA) is 43.8 Å². The number of piperazine rings is 1. The summed E-state index contributed by atoms with van der Waals surface area (Å²) < 4.78 is 40.0. The molecular formula is C13H14BrF3N2O2. The number of hydrogen-bond acceptors (Lipinski definition) is 3. The molecule has 0 aromatic heterocycles. The molecule has 1 fully saturated rings. The molecule has 1 heterocycles. The van der Waals surface area contributed by atoms with Crippen molar-refractivity contribution in [2.45, 2.75) is 0 Å². The van der Waals surface area contributed by atoms with Crippen molar-refractivity contribution in [1.29, 1.82) is 0 Å². The number of carbonyl (C=O) groups is 1. The van der Waals surface area contributed by atoms with Gasteiger partial charge in [0.05, 0.1) is 5.56 Å². The molecule has 0 atom stereocenters. The molecule has 8 heteroatoms. The normalized spacial score (nSPS) is 16.3. The molecule has 0 aliphatic carbocycles. The van der Waals surface area contributed by atoms with Crippen LogP contribution in [-0.4, -0.2) is 58.9 Å². The molecule has 1 aromatic rings. The van der Waals surface area contributed by atoms with Gasteiger partial charge in [-0.3, -0.25) is 9.69 Å². The number of rotatable bonds is 3. The zero-order valence-electron chi connectivity index (χ0n) is 11.1. The molecule has 1 aromatic carbocycles. The van der Waals surface area contributed by atoms with Crippen LogP contribution in [0.4, 0.5) is 13.2 Å². The molecular weight excluding hydrogens is 353 g/mol. The van der Waals surface area contributed by atoms with E-state index in [0.29, 0.717) is 32.2 Å². The third-order valence-electron chi connectivity index (χ3n) is 3.42. The lowest BCUT2D eigenvalue weighted by molar-refractivity contribution is 0.0638. The molecule has 4 nitrogen and oxygen atoms in total. The lowest BCUT2D eigenvalue weighted by Gasteiger charge is -2.34. The van der Waals surface area contributed by atoms with E-state index in [1.165, 1.54) is 4.90 Å². The molecule has 0 saturated carbocycles. The molecule has 1 aliphatic heterocycles. The van der Waals surface area contributed by atoms with Crippen LogP contribution in [0.25, 0.3) is 0 Å². The van der Waals surface area contributed by atoms with Crippen LogP contribution in [-0.2, 0) is 0 Å². The van der Waals surface area contributed by atoms with Crippen molar-refractivity contribution >= 4 is 21.8 Å². The van der Waals surface area contributed by atoms with Crippen molar-refractivity contribution in [3.63, 3.8) is 0 Å². The van der Waals surface area contributed by atoms with E-state index in [9.17, 15) is 18.0 Å². The maximum Gasteiger partial charge on any atom is 0.257 e. The third-order valence-corrected chi connectivity index (χ3v) is 3.78. The van der Waals surface area contributed by atoms with Gasteiger partial charge in [-0.15, -0.1) is 0 Å². The van der Waals surface area contributed by atoms with Crippen molar-refractivity contribution < 1.29 is 23.1 Å². The van der Waals surface area contributed by atoms with Gasteiger partial charge in [-0.1, -0.05) is 15.9 Å². The van der Waals surface area contributed by atoms with Crippen molar-refractivity contribution in [2.75, 3.05) is 38.1 Å². The van der Waals surface area contributed by atoms with Gasteiger partial charge < -0.3 is 10.0 Å². The van der Waals surface area contributed by atoms with Gasteiger partial charge in [-0.25, -0.2) is 8.78 Å². The predicted octanol–water partition coefficient (Wildman–Crippen LogP) is 1.96. The lowest BCUT2D eigenvalue weighted by atomic mass is 10.1. The number of hydrogen-bond donors (Lipinski definition) is 1. The first-order valence-corrected chi connectivity index (χ1v) is 7.52. The number of halogens is 4. The van der Waals surface area contributed by atoms with E-state index in [1.807, 2.05) is 0 Å². The van der Waals surface area contributed by atoms with E-state index in [-0.39, 0.29) is 0 Å². The first kappa shape index (κ1) is 16.1. The molecule has 1 N–H and O–H groups in total. The Labute approximate surface area is 128 Å². The number of nitrogens with zero attached hydrogens (tertiary/aromatic N) is 2. The maximum atomic E-state index is 13.7. The van der Waals surface area contributed by atoms with E-state index in [2.05, 4.69) is 20.8 Å². The Morgan fingerprint density at radius 3 is 2.38 bits per heavy atom. The molecule has 21 heavy (non-hydrogen) atoms. The predicted molar refractivity (Wildman–Crippen MR) is 74.1 cm³/mol.